The average molecular weight is 402 g/mol. The molecule has 0 bridgehead atoms. The number of thioether (sulfide) groups is 1. The molecule has 0 aliphatic carbocycles. The van der Waals surface area contributed by atoms with E-state index in [4.69, 9.17) is 17.4 Å². The number of hydrogen-bond acceptors (Lipinski definition) is 7. The number of nitrogens with one attached hydrogen (secondary N) is 1. The molecule has 0 unspecified atom stereocenters. The molecule has 140 valence electrons. The number of nitrogen functional groups attached to an aromatic ring is 1. The average Bonchev–Trinajstić information content (AvgIpc) is 3.01. The minimum Gasteiger partial charge on any atom is -0.378 e. The molecule has 0 fully saturated rings. The van der Waals surface area contributed by atoms with E-state index < -0.39 is 0 Å². The Morgan fingerprint density at radius 1 is 1.19 bits per heavy atom. The molecule has 3 N–H and O–H groups in total. The van der Waals surface area contributed by atoms with Gasteiger partial charge in [0.1, 0.15) is 0 Å². The molecule has 9 heteroatoms. The van der Waals surface area contributed by atoms with Crippen LogP contribution in [0.25, 0.3) is 0 Å². The Labute approximate surface area is 167 Å². The van der Waals surface area contributed by atoms with Crippen molar-refractivity contribution in [1.82, 2.24) is 14.9 Å². The molecule has 0 radical (unpaired) electrons. The van der Waals surface area contributed by atoms with Crippen LogP contribution in [0.5, 0.6) is 0 Å². The Morgan fingerprint density at radius 2 is 1.93 bits per heavy atom. The first-order chi connectivity index (χ1) is 13.0. The van der Waals surface area contributed by atoms with Crippen LogP contribution in [0.3, 0.4) is 0 Å². The monoisotopic (exact) mass is 401 g/mol. The number of anilines is 2. The summed E-state index contributed by atoms with van der Waals surface area (Å²) in [7, 11) is 4.00. The Kier molecular flexibility index (Phi) is 6.20. The maximum Gasteiger partial charge on any atom is 0.264 e. The van der Waals surface area contributed by atoms with Crippen LogP contribution in [0.2, 0.25) is 5.02 Å². The predicted octanol–water partition coefficient (Wildman–Crippen LogP) is 3.45. The van der Waals surface area contributed by atoms with Crippen LogP contribution in [-0.4, -0.2) is 35.2 Å². The van der Waals surface area contributed by atoms with E-state index in [2.05, 4.69) is 20.7 Å². The fourth-order valence-corrected chi connectivity index (χ4v) is 3.37. The minimum atomic E-state index is 0.359. The lowest BCUT2D eigenvalue weighted by molar-refractivity contribution is 0.847. The highest BCUT2D eigenvalue weighted by Crippen LogP contribution is 2.25. The first-order valence-electron chi connectivity index (χ1n) is 8.18. The van der Waals surface area contributed by atoms with Crippen LogP contribution in [0, 0.1) is 0 Å². The van der Waals surface area contributed by atoms with Crippen LogP contribution < -0.4 is 16.2 Å². The summed E-state index contributed by atoms with van der Waals surface area (Å²) in [6.07, 6.45) is 1.70. The first-order valence-corrected chi connectivity index (χ1v) is 9.54. The van der Waals surface area contributed by atoms with Crippen molar-refractivity contribution in [3.05, 3.63) is 64.7 Å². The largest absolute Gasteiger partial charge is 0.378 e. The lowest BCUT2D eigenvalue weighted by Crippen LogP contribution is -2.13. The number of benzene rings is 2. The molecule has 1 aromatic heterocycles. The first kappa shape index (κ1) is 19.1. The van der Waals surface area contributed by atoms with Crippen molar-refractivity contribution in [3.63, 3.8) is 0 Å². The van der Waals surface area contributed by atoms with E-state index in [0.29, 0.717) is 16.9 Å². The highest BCUT2D eigenvalue weighted by molar-refractivity contribution is 7.98. The predicted molar refractivity (Wildman–Crippen MR) is 113 cm³/mol. The molecule has 0 amide bonds. The van der Waals surface area contributed by atoms with Gasteiger partial charge in [-0.05, 0) is 29.3 Å². The second-order valence-electron chi connectivity index (χ2n) is 5.91. The number of nitrogens with two attached hydrogens (primary N) is 1. The zero-order chi connectivity index (χ0) is 19.2. The van der Waals surface area contributed by atoms with E-state index in [1.165, 1.54) is 16.4 Å². The van der Waals surface area contributed by atoms with Crippen molar-refractivity contribution < 1.29 is 0 Å². The van der Waals surface area contributed by atoms with E-state index in [1.807, 2.05) is 67.5 Å². The second-order valence-corrected chi connectivity index (χ2v) is 7.26. The molecular formula is C18H20ClN7S. The van der Waals surface area contributed by atoms with Gasteiger partial charge in [0.2, 0.25) is 5.16 Å². The molecule has 1 heterocycles. The number of hydrazone groups is 1. The van der Waals surface area contributed by atoms with Crippen molar-refractivity contribution in [2.24, 2.45) is 5.10 Å². The summed E-state index contributed by atoms with van der Waals surface area (Å²) in [5.41, 5.74) is 5.92. The summed E-state index contributed by atoms with van der Waals surface area (Å²) >= 11 is 7.62. The zero-order valence-corrected chi connectivity index (χ0v) is 16.6. The van der Waals surface area contributed by atoms with E-state index in [9.17, 15) is 0 Å². The quantitative estimate of drug-likeness (QED) is 0.273. The third-order valence-corrected chi connectivity index (χ3v) is 5.13. The molecule has 0 atom stereocenters. The van der Waals surface area contributed by atoms with Gasteiger partial charge in [0.05, 0.1) is 6.21 Å². The molecule has 3 rings (SSSR count). The molecule has 0 aliphatic rings. The molecule has 0 spiro atoms. The third-order valence-electron chi connectivity index (χ3n) is 3.77. The van der Waals surface area contributed by atoms with Crippen molar-refractivity contribution in [3.8, 4) is 0 Å². The third kappa shape index (κ3) is 4.93. The Bertz CT molecular complexity index is 922. The zero-order valence-electron chi connectivity index (χ0n) is 15.0. The molecule has 0 saturated carbocycles. The summed E-state index contributed by atoms with van der Waals surface area (Å²) in [6.45, 7) is 0. The van der Waals surface area contributed by atoms with E-state index in [-0.39, 0.29) is 0 Å². The number of hydrogen-bond donors (Lipinski definition) is 2. The van der Waals surface area contributed by atoms with E-state index >= 15 is 0 Å². The minimum absolute atomic E-state index is 0.359. The van der Waals surface area contributed by atoms with Gasteiger partial charge in [-0.3, -0.25) is 0 Å². The van der Waals surface area contributed by atoms with E-state index in [0.717, 1.165) is 21.8 Å². The number of rotatable bonds is 7. The second kappa shape index (κ2) is 8.79. The molecule has 3 aromatic rings. The van der Waals surface area contributed by atoms with Crippen molar-refractivity contribution in [2.75, 3.05) is 30.3 Å². The van der Waals surface area contributed by atoms with Crippen molar-refractivity contribution in [2.45, 2.75) is 10.9 Å². The fourth-order valence-electron chi connectivity index (χ4n) is 2.23. The Morgan fingerprint density at radius 3 is 2.63 bits per heavy atom. The van der Waals surface area contributed by atoms with Crippen molar-refractivity contribution in [1.29, 1.82) is 0 Å². The lowest BCUT2D eigenvalue weighted by Gasteiger charge is -2.11. The van der Waals surface area contributed by atoms with Gasteiger partial charge in [0, 0.05) is 30.6 Å². The van der Waals surface area contributed by atoms with Gasteiger partial charge in [-0.1, -0.05) is 53.7 Å². The lowest BCUT2D eigenvalue weighted by atomic mass is 10.2. The molecule has 27 heavy (non-hydrogen) atoms. The van der Waals surface area contributed by atoms with Crippen LogP contribution >= 0.6 is 23.4 Å². The molecular weight excluding hydrogens is 382 g/mol. The maximum absolute atomic E-state index is 6.17. The summed E-state index contributed by atoms with van der Waals surface area (Å²) < 4.78 is 1.37. The van der Waals surface area contributed by atoms with Crippen molar-refractivity contribution >= 4 is 41.2 Å². The molecule has 0 aliphatic heterocycles. The highest BCUT2D eigenvalue weighted by atomic mass is 35.5. The van der Waals surface area contributed by atoms with Crippen LogP contribution in [-0.2, 0) is 5.75 Å². The molecule has 0 saturated heterocycles. The fraction of sp³-hybridized carbons (Fsp3) is 0.167. The van der Waals surface area contributed by atoms with Gasteiger partial charge < -0.3 is 10.7 Å². The SMILES string of the molecule is CN(C)c1ccc(/C=N/Nc2nnc(SCc3ccccc3Cl)n2N)cc1. The molecule has 2 aromatic carbocycles. The van der Waals surface area contributed by atoms with Gasteiger partial charge >= 0.3 is 0 Å². The Balaban J connectivity index is 1.59. The van der Waals surface area contributed by atoms with E-state index in [1.54, 1.807) is 6.21 Å². The van der Waals surface area contributed by atoms with Gasteiger partial charge in [-0.15, -0.1) is 10.2 Å². The maximum atomic E-state index is 6.17. The van der Waals surface area contributed by atoms with Crippen LogP contribution in [0.15, 0.2) is 58.8 Å². The van der Waals surface area contributed by atoms with Crippen LogP contribution in [0.1, 0.15) is 11.1 Å². The smallest absolute Gasteiger partial charge is 0.264 e. The standard InChI is InChI=1S/C18H20ClN7S/c1-25(2)15-9-7-13(8-10-15)11-21-22-17-23-24-18(26(17)20)27-12-14-5-3-4-6-16(14)19/h3-11H,12,20H2,1-2H3,(H,22,23)/b21-11+. The summed E-state index contributed by atoms with van der Waals surface area (Å²) in [5, 5.41) is 13.6. The van der Waals surface area contributed by atoms with Gasteiger partial charge in [0.25, 0.3) is 5.95 Å². The van der Waals surface area contributed by atoms with Gasteiger partial charge in [0.15, 0.2) is 0 Å². The van der Waals surface area contributed by atoms with Gasteiger partial charge in [-0.25, -0.2) is 10.1 Å². The Hall–Kier alpha value is -2.71. The van der Waals surface area contributed by atoms with Crippen LogP contribution in [0.4, 0.5) is 11.6 Å². The van der Waals surface area contributed by atoms with Gasteiger partial charge in [-0.2, -0.15) is 5.10 Å². The number of nitrogens with zero attached hydrogens (tertiary/aromatic N) is 5. The topological polar surface area (TPSA) is 84.4 Å². The summed E-state index contributed by atoms with van der Waals surface area (Å²) in [4.78, 5) is 2.04. The highest BCUT2D eigenvalue weighted by Gasteiger charge is 2.10. The number of aromatic nitrogens is 3. The summed E-state index contributed by atoms with van der Waals surface area (Å²) in [6, 6.07) is 15.7. The summed E-state index contributed by atoms with van der Waals surface area (Å²) in [5.74, 6) is 7.04. The molecule has 7 nitrogen and oxygen atoms in total. The normalized spacial score (nSPS) is 11.1. The number of halogens is 1.